The molecule has 0 atom stereocenters. The Kier molecular flexibility index (Phi) is 4.85. The van der Waals surface area contributed by atoms with Gasteiger partial charge >= 0.3 is 0 Å². The predicted molar refractivity (Wildman–Crippen MR) is 87.1 cm³/mol. The van der Waals surface area contributed by atoms with Gasteiger partial charge in [0.2, 0.25) is 5.91 Å². The van der Waals surface area contributed by atoms with Crippen molar-refractivity contribution in [2.75, 3.05) is 13.1 Å². The van der Waals surface area contributed by atoms with Gasteiger partial charge in [-0.15, -0.1) is 0 Å². The van der Waals surface area contributed by atoms with Crippen LogP contribution >= 0.6 is 0 Å². The van der Waals surface area contributed by atoms with Gasteiger partial charge in [0.15, 0.2) is 0 Å². The van der Waals surface area contributed by atoms with Crippen molar-refractivity contribution >= 4 is 17.7 Å². The normalized spacial score (nSPS) is 14.2. The van der Waals surface area contributed by atoms with Gasteiger partial charge < -0.3 is 11.1 Å². The van der Waals surface area contributed by atoms with Crippen molar-refractivity contribution in [3.8, 4) is 0 Å². The average Bonchev–Trinajstić information content (AvgIpc) is 2.77. The number of amides is 3. The zero-order valence-electron chi connectivity index (χ0n) is 13.8. The quantitative estimate of drug-likeness (QED) is 0.772. The fourth-order valence-electron chi connectivity index (χ4n) is 2.52. The second-order valence-corrected chi connectivity index (χ2v) is 6.09. The number of carbonyl (C=O) groups excluding carboxylic acids is 3. The fraction of sp³-hybridized carbons (Fsp3) is 0.471. The van der Waals surface area contributed by atoms with Crippen molar-refractivity contribution in [2.24, 2.45) is 5.73 Å². The second kappa shape index (κ2) is 6.50. The molecule has 0 saturated heterocycles. The van der Waals surface area contributed by atoms with Crippen LogP contribution in [0.25, 0.3) is 0 Å². The highest BCUT2D eigenvalue weighted by atomic mass is 16.2. The first-order valence-corrected chi connectivity index (χ1v) is 7.83. The number of rotatable bonds is 6. The van der Waals surface area contributed by atoms with E-state index in [1.165, 1.54) is 0 Å². The van der Waals surface area contributed by atoms with Crippen LogP contribution in [-0.4, -0.2) is 41.2 Å². The summed E-state index contributed by atoms with van der Waals surface area (Å²) in [6.45, 7) is 5.81. The molecule has 1 aliphatic heterocycles. The molecule has 2 rings (SSSR count). The van der Waals surface area contributed by atoms with Crippen LogP contribution in [0.4, 0.5) is 0 Å². The number of imide groups is 1. The van der Waals surface area contributed by atoms with Crippen LogP contribution in [0.15, 0.2) is 18.2 Å². The summed E-state index contributed by atoms with van der Waals surface area (Å²) in [5.74, 6) is -1.23. The maximum absolute atomic E-state index is 12.3. The van der Waals surface area contributed by atoms with Crippen LogP contribution in [-0.2, 0) is 4.79 Å². The highest BCUT2D eigenvalue weighted by Gasteiger charge is 2.36. The Morgan fingerprint density at radius 2 is 1.78 bits per heavy atom. The van der Waals surface area contributed by atoms with E-state index < -0.39 is 17.4 Å². The summed E-state index contributed by atoms with van der Waals surface area (Å²) in [4.78, 5) is 37.6. The molecule has 3 N–H and O–H groups in total. The van der Waals surface area contributed by atoms with Crippen molar-refractivity contribution in [3.63, 3.8) is 0 Å². The van der Waals surface area contributed by atoms with Crippen molar-refractivity contribution in [1.82, 2.24) is 10.2 Å². The van der Waals surface area contributed by atoms with Crippen LogP contribution in [0, 0.1) is 6.92 Å². The summed E-state index contributed by atoms with van der Waals surface area (Å²) in [5, 5.41) is 2.72. The number of benzene rings is 1. The van der Waals surface area contributed by atoms with Gasteiger partial charge in [-0.3, -0.25) is 19.3 Å². The van der Waals surface area contributed by atoms with E-state index in [0.29, 0.717) is 17.7 Å². The van der Waals surface area contributed by atoms with Crippen LogP contribution < -0.4 is 11.1 Å². The van der Waals surface area contributed by atoms with Gasteiger partial charge in [-0.25, -0.2) is 0 Å². The highest BCUT2D eigenvalue weighted by molar-refractivity contribution is 6.22. The van der Waals surface area contributed by atoms with Gasteiger partial charge in [0.1, 0.15) is 6.54 Å². The maximum Gasteiger partial charge on any atom is 0.262 e. The van der Waals surface area contributed by atoms with E-state index in [2.05, 4.69) is 5.32 Å². The SMILES string of the molecule is CCC(N)(CC)CNC(=O)CN1C(=O)c2ccc(C)cc2C1=O. The molecule has 0 bridgehead atoms. The Hall–Kier alpha value is -2.21. The Labute approximate surface area is 136 Å². The van der Waals surface area contributed by atoms with Gasteiger partial charge in [-0.1, -0.05) is 25.5 Å². The molecular weight excluding hydrogens is 294 g/mol. The molecule has 0 fully saturated rings. The summed E-state index contributed by atoms with van der Waals surface area (Å²) in [7, 11) is 0. The molecule has 1 aromatic rings. The molecular formula is C17H23N3O3. The van der Waals surface area contributed by atoms with Gasteiger partial charge in [0, 0.05) is 12.1 Å². The van der Waals surface area contributed by atoms with E-state index in [4.69, 9.17) is 5.73 Å². The molecule has 1 aromatic carbocycles. The molecule has 124 valence electrons. The van der Waals surface area contributed by atoms with E-state index in [9.17, 15) is 14.4 Å². The topological polar surface area (TPSA) is 92.5 Å². The maximum atomic E-state index is 12.3. The molecule has 23 heavy (non-hydrogen) atoms. The molecule has 0 radical (unpaired) electrons. The van der Waals surface area contributed by atoms with E-state index in [1.54, 1.807) is 18.2 Å². The monoisotopic (exact) mass is 317 g/mol. The molecule has 3 amide bonds. The Balaban J connectivity index is 2.03. The fourth-order valence-corrected chi connectivity index (χ4v) is 2.52. The Morgan fingerprint density at radius 3 is 2.39 bits per heavy atom. The smallest absolute Gasteiger partial charge is 0.262 e. The predicted octanol–water partition coefficient (Wildman–Crippen LogP) is 1.22. The molecule has 6 nitrogen and oxygen atoms in total. The lowest BCUT2D eigenvalue weighted by atomic mass is 9.94. The van der Waals surface area contributed by atoms with E-state index in [0.717, 1.165) is 23.3 Å². The van der Waals surface area contributed by atoms with Crippen molar-refractivity contribution < 1.29 is 14.4 Å². The summed E-state index contributed by atoms with van der Waals surface area (Å²) >= 11 is 0. The molecule has 0 aromatic heterocycles. The van der Waals surface area contributed by atoms with Gasteiger partial charge in [0.25, 0.3) is 11.8 Å². The first-order valence-electron chi connectivity index (χ1n) is 7.83. The van der Waals surface area contributed by atoms with Gasteiger partial charge in [-0.05, 0) is 31.9 Å². The van der Waals surface area contributed by atoms with E-state index in [1.807, 2.05) is 20.8 Å². The lowest BCUT2D eigenvalue weighted by molar-refractivity contribution is -0.121. The Bertz CT molecular complexity index is 650. The Morgan fingerprint density at radius 1 is 1.17 bits per heavy atom. The molecule has 1 aliphatic rings. The number of aryl methyl sites for hydroxylation is 1. The minimum Gasteiger partial charge on any atom is -0.353 e. The number of fused-ring (bicyclic) bond motifs is 1. The minimum atomic E-state index is -0.464. The zero-order chi connectivity index (χ0) is 17.2. The standard InChI is InChI=1S/C17H23N3O3/c1-4-17(18,5-2)10-19-14(21)9-20-15(22)12-7-6-11(3)8-13(12)16(20)23/h6-8H,4-5,9-10,18H2,1-3H3,(H,19,21). The van der Waals surface area contributed by atoms with Crippen LogP contribution in [0.3, 0.4) is 0 Å². The largest absolute Gasteiger partial charge is 0.353 e. The molecule has 6 heteroatoms. The third-order valence-electron chi connectivity index (χ3n) is 4.47. The van der Waals surface area contributed by atoms with Gasteiger partial charge in [0.05, 0.1) is 11.1 Å². The number of nitrogens with zero attached hydrogens (tertiary/aromatic N) is 1. The molecule has 0 unspecified atom stereocenters. The lowest BCUT2D eigenvalue weighted by Gasteiger charge is -2.27. The van der Waals surface area contributed by atoms with Crippen LogP contribution in [0.5, 0.6) is 0 Å². The molecule has 0 spiro atoms. The minimum absolute atomic E-state index is 0.283. The summed E-state index contributed by atoms with van der Waals surface area (Å²) in [6, 6.07) is 5.08. The zero-order valence-corrected chi connectivity index (χ0v) is 13.8. The summed E-state index contributed by atoms with van der Waals surface area (Å²) < 4.78 is 0. The van der Waals surface area contributed by atoms with Crippen molar-refractivity contribution in [3.05, 3.63) is 34.9 Å². The number of carbonyl (C=O) groups is 3. The van der Waals surface area contributed by atoms with Crippen LogP contribution in [0.2, 0.25) is 0 Å². The molecule has 1 heterocycles. The van der Waals surface area contributed by atoms with Crippen LogP contribution in [0.1, 0.15) is 53.0 Å². The molecule has 0 aliphatic carbocycles. The second-order valence-electron chi connectivity index (χ2n) is 6.09. The number of hydrogen-bond donors (Lipinski definition) is 2. The van der Waals surface area contributed by atoms with E-state index in [-0.39, 0.29) is 12.5 Å². The van der Waals surface area contributed by atoms with Crippen molar-refractivity contribution in [2.45, 2.75) is 39.2 Å². The lowest BCUT2D eigenvalue weighted by Crippen LogP contribution is -2.51. The summed E-state index contributed by atoms with van der Waals surface area (Å²) in [5.41, 5.74) is 7.28. The van der Waals surface area contributed by atoms with Crippen molar-refractivity contribution in [1.29, 1.82) is 0 Å². The third-order valence-corrected chi connectivity index (χ3v) is 4.47. The number of hydrogen-bond acceptors (Lipinski definition) is 4. The first-order chi connectivity index (χ1) is 10.8. The van der Waals surface area contributed by atoms with Gasteiger partial charge in [-0.2, -0.15) is 0 Å². The number of nitrogens with one attached hydrogen (secondary N) is 1. The first kappa shape index (κ1) is 17.1. The molecule has 0 saturated carbocycles. The summed E-state index contributed by atoms with van der Waals surface area (Å²) in [6.07, 6.45) is 1.46. The highest BCUT2D eigenvalue weighted by Crippen LogP contribution is 2.23. The number of nitrogens with two attached hydrogens (primary N) is 1. The third kappa shape index (κ3) is 3.42. The van der Waals surface area contributed by atoms with E-state index >= 15 is 0 Å². The average molecular weight is 317 g/mol.